The van der Waals surface area contributed by atoms with Crippen LogP contribution in [0.2, 0.25) is 0 Å². The molecule has 1 aromatic carbocycles. The van der Waals surface area contributed by atoms with E-state index in [1.54, 1.807) is 19.1 Å². The number of phenolic OH excluding ortho intramolecular Hbond substituents is 2. The summed E-state index contributed by atoms with van der Waals surface area (Å²) < 4.78 is 0. The molecule has 1 saturated heterocycles. The lowest BCUT2D eigenvalue weighted by atomic mass is 10.0. The van der Waals surface area contributed by atoms with Gasteiger partial charge in [0.05, 0.1) is 0 Å². The maximum atomic E-state index is 11.0. The molecule has 6 nitrogen and oxygen atoms in total. The lowest BCUT2D eigenvalue weighted by Crippen LogP contribution is -2.52. The normalized spacial score (nSPS) is 20.1. The van der Waals surface area contributed by atoms with Crippen molar-refractivity contribution in [1.82, 2.24) is 9.80 Å². The summed E-state index contributed by atoms with van der Waals surface area (Å²) in [6.45, 7) is 6.58. The van der Waals surface area contributed by atoms with Gasteiger partial charge in [0, 0.05) is 43.9 Å². The minimum atomic E-state index is -0.798. The minimum absolute atomic E-state index is 0.0212. The number of hydrogen-bond donors (Lipinski definition) is 3. The second kappa shape index (κ2) is 6.32. The van der Waals surface area contributed by atoms with Crippen molar-refractivity contribution in [3.8, 4) is 11.5 Å². The van der Waals surface area contributed by atoms with Crippen LogP contribution in [0.3, 0.4) is 0 Å². The molecule has 0 radical (unpaired) electrons. The highest BCUT2D eigenvalue weighted by Gasteiger charge is 2.28. The zero-order chi connectivity index (χ0) is 15.6. The molecule has 1 aromatic rings. The minimum Gasteiger partial charge on any atom is -0.508 e. The van der Waals surface area contributed by atoms with Gasteiger partial charge in [-0.05, 0) is 19.9 Å². The number of aromatic hydroxyl groups is 2. The molecule has 1 fully saturated rings. The van der Waals surface area contributed by atoms with E-state index in [9.17, 15) is 15.0 Å². The van der Waals surface area contributed by atoms with Gasteiger partial charge in [-0.2, -0.15) is 0 Å². The summed E-state index contributed by atoms with van der Waals surface area (Å²) in [6.07, 6.45) is 0. The topological polar surface area (TPSA) is 84.2 Å². The SMILES string of the molecule is CC(C(=O)O)N1CCN(C(C)c2ccc(O)cc2O)CC1. The molecule has 6 heteroatoms. The number of carboxylic acids is 1. The Morgan fingerprint density at radius 3 is 2.19 bits per heavy atom. The average Bonchev–Trinajstić information content (AvgIpc) is 2.46. The van der Waals surface area contributed by atoms with Gasteiger partial charge in [0.15, 0.2) is 0 Å². The molecule has 1 aliphatic heterocycles. The zero-order valence-electron chi connectivity index (χ0n) is 12.4. The van der Waals surface area contributed by atoms with E-state index < -0.39 is 12.0 Å². The summed E-state index contributed by atoms with van der Waals surface area (Å²) in [5.41, 5.74) is 0.771. The maximum absolute atomic E-state index is 11.0. The van der Waals surface area contributed by atoms with Crippen LogP contribution in [0.15, 0.2) is 18.2 Å². The highest BCUT2D eigenvalue weighted by atomic mass is 16.4. The van der Waals surface area contributed by atoms with Gasteiger partial charge in [-0.25, -0.2) is 0 Å². The van der Waals surface area contributed by atoms with Crippen LogP contribution in [0.1, 0.15) is 25.5 Å². The number of hydrogen-bond acceptors (Lipinski definition) is 5. The highest BCUT2D eigenvalue weighted by Crippen LogP contribution is 2.31. The second-order valence-corrected chi connectivity index (χ2v) is 5.51. The first-order chi connectivity index (χ1) is 9.90. The van der Waals surface area contributed by atoms with Crippen molar-refractivity contribution in [2.45, 2.75) is 25.9 Å². The lowest BCUT2D eigenvalue weighted by Gasteiger charge is -2.39. The van der Waals surface area contributed by atoms with Crippen molar-refractivity contribution in [2.75, 3.05) is 26.2 Å². The number of rotatable bonds is 4. The molecule has 0 aliphatic carbocycles. The Balaban J connectivity index is 2.00. The molecule has 1 aliphatic rings. The molecule has 1 heterocycles. The third kappa shape index (κ3) is 3.46. The largest absolute Gasteiger partial charge is 0.508 e. The molecule has 2 rings (SSSR count). The molecule has 0 spiro atoms. The van der Waals surface area contributed by atoms with E-state index in [2.05, 4.69) is 4.90 Å². The summed E-state index contributed by atoms with van der Waals surface area (Å²) in [7, 11) is 0. The van der Waals surface area contributed by atoms with Crippen molar-refractivity contribution in [3.05, 3.63) is 23.8 Å². The van der Waals surface area contributed by atoms with Crippen molar-refractivity contribution in [2.24, 2.45) is 0 Å². The Labute approximate surface area is 124 Å². The fraction of sp³-hybridized carbons (Fsp3) is 0.533. The van der Waals surface area contributed by atoms with Gasteiger partial charge in [-0.15, -0.1) is 0 Å². The highest BCUT2D eigenvalue weighted by molar-refractivity contribution is 5.72. The van der Waals surface area contributed by atoms with Gasteiger partial charge in [0.25, 0.3) is 0 Å². The van der Waals surface area contributed by atoms with E-state index in [-0.39, 0.29) is 17.5 Å². The second-order valence-electron chi connectivity index (χ2n) is 5.51. The Morgan fingerprint density at radius 1 is 1.10 bits per heavy atom. The van der Waals surface area contributed by atoms with E-state index in [4.69, 9.17) is 5.11 Å². The van der Waals surface area contributed by atoms with Gasteiger partial charge < -0.3 is 15.3 Å². The number of piperazine rings is 1. The van der Waals surface area contributed by atoms with Crippen LogP contribution in [0.4, 0.5) is 0 Å². The van der Waals surface area contributed by atoms with Crippen LogP contribution >= 0.6 is 0 Å². The molecular formula is C15H22N2O4. The number of phenols is 2. The van der Waals surface area contributed by atoms with Crippen LogP contribution in [-0.2, 0) is 4.79 Å². The first-order valence-corrected chi connectivity index (χ1v) is 7.13. The van der Waals surface area contributed by atoms with E-state index in [0.29, 0.717) is 13.1 Å². The quantitative estimate of drug-likeness (QED) is 0.775. The third-order valence-corrected chi connectivity index (χ3v) is 4.27. The Bertz CT molecular complexity index is 512. The first kappa shape index (κ1) is 15.6. The molecule has 2 unspecified atom stereocenters. The van der Waals surface area contributed by atoms with E-state index in [0.717, 1.165) is 18.7 Å². The van der Waals surface area contributed by atoms with E-state index >= 15 is 0 Å². The molecule has 0 amide bonds. The number of carboxylic acid groups (broad SMARTS) is 1. The molecule has 2 atom stereocenters. The van der Waals surface area contributed by atoms with Crippen LogP contribution in [0.5, 0.6) is 11.5 Å². The van der Waals surface area contributed by atoms with Gasteiger partial charge in [-0.1, -0.05) is 6.07 Å². The smallest absolute Gasteiger partial charge is 0.320 e. The van der Waals surface area contributed by atoms with Crippen LogP contribution in [0.25, 0.3) is 0 Å². The summed E-state index contributed by atoms with van der Waals surface area (Å²) in [5.74, 6) is -0.667. The predicted octanol–water partition coefficient (Wildman–Crippen LogP) is 1.25. The van der Waals surface area contributed by atoms with Crippen LogP contribution in [0, 0.1) is 0 Å². The van der Waals surface area contributed by atoms with Gasteiger partial charge in [-0.3, -0.25) is 14.6 Å². The number of benzene rings is 1. The number of carbonyl (C=O) groups is 1. The summed E-state index contributed by atoms with van der Waals surface area (Å²) in [5, 5.41) is 28.3. The fourth-order valence-corrected chi connectivity index (χ4v) is 2.75. The maximum Gasteiger partial charge on any atom is 0.320 e. The standard InChI is InChI=1S/C15H22N2O4/c1-10(13-4-3-12(18)9-14(13)19)16-5-7-17(8-6-16)11(2)15(20)21/h3-4,9-11,18-19H,5-8H2,1-2H3,(H,20,21). The van der Waals surface area contributed by atoms with Gasteiger partial charge in [0.2, 0.25) is 0 Å². The van der Waals surface area contributed by atoms with Crippen LogP contribution in [-0.4, -0.2) is 63.3 Å². The molecule has 0 aromatic heterocycles. The van der Waals surface area contributed by atoms with E-state index in [1.807, 2.05) is 11.8 Å². The van der Waals surface area contributed by atoms with Crippen molar-refractivity contribution >= 4 is 5.97 Å². The Hall–Kier alpha value is -1.79. The third-order valence-electron chi connectivity index (χ3n) is 4.27. The first-order valence-electron chi connectivity index (χ1n) is 7.13. The zero-order valence-corrected chi connectivity index (χ0v) is 12.4. The van der Waals surface area contributed by atoms with Crippen molar-refractivity contribution in [3.63, 3.8) is 0 Å². The molecular weight excluding hydrogens is 272 g/mol. The predicted molar refractivity (Wildman–Crippen MR) is 78.4 cm³/mol. The lowest BCUT2D eigenvalue weighted by molar-refractivity contribution is -0.143. The van der Waals surface area contributed by atoms with E-state index in [1.165, 1.54) is 6.07 Å². The molecule has 0 bridgehead atoms. The Kier molecular flexibility index (Phi) is 4.69. The molecule has 116 valence electrons. The summed E-state index contributed by atoms with van der Waals surface area (Å²) in [6, 6.07) is 4.18. The summed E-state index contributed by atoms with van der Waals surface area (Å²) >= 11 is 0. The molecule has 0 saturated carbocycles. The monoisotopic (exact) mass is 294 g/mol. The van der Waals surface area contributed by atoms with Gasteiger partial charge in [0.1, 0.15) is 17.5 Å². The van der Waals surface area contributed by atoms with Gasteiger partial charge >= 0.3 is 5.97 Å². The molecule has 3 N–H and O–H groups in total. The summed E-state index contributed by atoms with van der Waals surface area (Å²) in [4.78, 5) is 15.2. The van der Waals surface area contributed by atoms with Crippen molar-refractivity contribution < 1.29 is 20.1 Å². The molecule has 21 heavy (non-hydrogen) atoms. The van der Waals surface area contributed by atoms with Crippen LogP contribution < -0.4 is 0 Å². The fourth-order valence-electron chi connectivity index (χ4n) is 2.75. The number of nitrogens with zero attached hydrogens (tertiary/aromatic N) is 2. The average molecular weight is 294 g/mol. The number of aliphatic carboxylic acids is 1. The van der Waals surface area contributed by atoms with Crippen molar-refractivity contribution in [1.29, 1.82) is 0 Å². The Morgan fingerprint density at radius 2 is 1.67 bits per heavy atom.